The molecule has 562 valence electrons. The van der Waals surface area contributed by atoms with Crippen LogP contribution in [0.4, 0.5) is 0 Å². The summed E-state index contributed by atoms with van der Waals surface area (Å²) in [6.45, 7) is 0. The van der Waals surface area contributed by atoms with E-state index in [9.17, 15) is 0 Å². The van der Waals surface area contributed by atoms with Gasteiger partial charge in [-0.3, -0.25) is 0 Å². The molecular weight excluding hydrogens is 1430 g/mol. The van der Waals surface area contributed by atoms with Gasteiger partial charge in [-0.15, -0.1) is 0 Å². The third kappa shape index (κ3) is 13.2. The highest BCUT2D eigenvalue weighted by atomic mass is 15.0. The number of nitrogens with zero attached hydrogens (tertiary/aromatic N) is 6. The highest BCUT2D eigenvalue weighted by molar-refractivity contribution is 6.08. The zero-order valence-corrected chi connectivity index (χ0v) is 65.7. The van der Waals surface area contributed by atoms with E-state index in [1.165, 1.54) is 158 Å². The van der Waals surface area contributed by atoms with Crippen LogP contribution in [0.2, 0.25) is 0 Å². The van der Waals surface area contributed by atoms with Gasteiger partial charge in [-0.2, -0.15) is 0 Å². The molecule has 2 aromatic heterocycles. The predicted molar refractivity (Wildman–Crippen MR) is 486 cm³/mol. The Morgan fingerprint density at radius 2 is 0.407 bits per heavy atom. The molecule has 18 aromatic rings. The van der Waals surface area contributed by atoms with Crippen LogP contribution < -0.4 is 0 Å². The molecule has 6 heteroatoms. The Balaban J connectivity index is 0.000000147. The van der Waals surface area contributed by atoms with E-state index in [2.05, 4.69) is 340 Å². The highest BCUT2D eigenvalue weighted by Crippen LogP contribution is 2.60. The van der Waals surface area contributed by atoms with Crippen molar-refractivity contribution in [2.75, 3.05) is 0 Å². The average Bonchev–Trinajstić information content (AvgIpc) is 1.56. The molecule has 0 radical (unpaired) electrons. The fourth-order valence-electron chi connectivity index (χ4n) is 19.6. The molecule has 0 bridgehead atoms. The van der Waals surface area contributed by atoms with Gasteiger partial charge in [0.1, 0.15) is 0 Å². The summed E-state index contributed by atoms with van der Waals surface area (Å²) in [4.78, 5) is 30.3. The second-order valence-electron chi connectivity index (χ2n) is 32.1. The second kappa shape index (κ2) is 30.9. The largest absolute Gasteiger partial charge is 0.208 e. The molecule has 0 unspecified atom stereocenters. The first kappa shape index (κ1) is 71.6. The molecule has 4 aliphatic carbocycles. The molecule has 0 aliphatic heterocycles. The van der Waals surface area contributed by atoms with E-state index in [0.717, 1.165) is 72.3 Å². The molecule has 0 saturated heterocycles. The van der Waals surface area contributed by atoms with E-state index in [4.69, 9.17) is 29.9 Å². The van der Waals surface area contributed by atoms with Gasteiger partial charge in [0.25, 0.3) is 0 Å². The summed E-state index contributed by atoms with van der Waals surface area (Å²) in [7, 11) is 0. The SMILES string of the molecule is c1ccc(-c2cccc(-c3nc(-c4ccccc4)nc(-c4ccc(-c5ccc(-c6cccc7c6-c6ccccc6C76CCCCC6)c6ccccc56)cc4)n3)c2)cc1.c1ccc(-c2cccc(-c3nc(-c4ccccc4)nc(-c4cccc(-c5cccc(-c6ccc(-c7cccc8c7-c7ccccc7C87CCCCC7)cc6)c5)c4)n3)c2)cc1. The topological polar surface area (TPSA) is 77.3 Å². The standard InChI is InChI=1S/C57H43N3.C55H41N3/c1-4-16-39(17-5-1)44-21-13-24-47(37-44)55-58-54(42-18-6-2-7-19-42)59-56(60-55)48-25-14-23-46(38-48)45-22-12-20-43(36-45)40-30-32-41(33-31-40)49-27-15-29-52-53(49)50-26-8-9-28-51(50)57(52)34-10-3-11-35-57;1-4-16-37(17-5-1)41-20-14-21-42(36-41)54-57-52(39-18-6-2-7-19-39)56-53(58-54)40-30-28-38(29-31-40)43-32-33-46(45-23-9-8-22-44(43)45)47-25-15-27-50-51(47)48-24-10-11-26-49(48)55(50)34-12-3-13-35-55/h1-2,4-9,12-33,36-38H,3,10-11,34-35H2;1-2,4-11,14-33,36H,3,12-13,34-35H2. The van der Waals surface area contributed by atoms with E-state index in [0.29, 0.717) is 34.9 Å². The molecular formula is C112H84N6. The number of hydrogen-bond acceptors (Lipinski definition) is 6. The van der Waals surface area contributed by atoms with Crippen LogP contribution in [0, 0.1) is 0 Å². The lowest BCUT2D eigenvalue weighted by atomic mass is 9.67. The number of benzene rings is 16. The first-order valence-electron chi connectivity index (χ1n) is 41.8. The second-order valence-corrected chi connectivity index (χ2v) is 32.1. The van der Waals surface area contributed by atoms with Crippen LogP contribution in [-0.4, -0.2) is 29.9 Å². The summed E-state index contributed by atoms with van der Waals surface area (Å²) in [5.41, 5.74) is 34.6. The minimum Gasteiger partial charge on any atom is -0.208 e. The van der Waals surface area contributed by atoms with E-state index in [-0.39, 0.29) is 10.8 Å². The molecule has 6 nitrogen and oxygen atoms in total. The molecule has 2 fully saturated rings. The summed E-state index contributed by atoms with van der Waals surface area (Å²) in [6.07, 6.45) is 12.8. The van der Waals surface area contributed by atoms with E-state index < -0.39 is 0 Å². The molecule has 2 heterocycles. The Bertz CT molecular complexity index is 6780. The Morgan fingerprint density at radius 3 is 0.839 bits per heavy atom. The van der Waals surface area contributed by atoms with Crippen molar-refractivity contribution in [2.24, 2.45) is 0 Å². The van der Waals surface area contributed by atoms with Gasteiger partial charge in [-0.1, -0.05) is 403 Å². The van der Waals surface area contributed by atoms with E-state index in [1.54, 1.807) is 0 Å². The lowest BCUT2D eigenvalue weighted by Crippen LogP contribution is -2.27. The van der Waals surface area contributed by atoms with Crippen LogP contribution >= 0.6 is 0 Å². The van der Waals surface area contributed by atoms with Crippen molar-refractivity contribution in [3.8, 4) is 168 Å². The Labute approximate surface area is 690 Å². The van der Waals surface area contributed by atoms with Gasteiger partial charge in [0, 0.05) is 44.2 Å². The van der Waals surface area contributed by atoms with Gasteiger partial charge in [0.2, 0.25) is 0 Å². The zero-order chi connectivity index (χ0) is 78.4. The summed E-state index contributed by atoms with van der Waals surface area (Å²) >= 11 is 0. The van der Waals surface area contributed by atoms with Crippen LogP contribution in [0.15, 0.2) is 388 Å². The van der Waals surface area contributed by atoms with Gasteiger partial charge < -0.3 is 0 Å². The average molecular weight is 1510 g/mol. The van der Waals surface area contributed by atoms with Crippen LogP contribution in [0.3, 0.4) is 0 Å². The summed E-state index contributed by atoms with van der Waals surface area (Å²) in [5, 5.41) is 2.52. The third-order valence-corrected chi connectivity index (χ3v) is 25.3. The monoisotopic (exact) mass is 1510 g/mol. The minimum atomic E-state index is 0.130. The lowest BCUT2D eigenvalue weighted by Gasteiger charge is -2.36. The Kier molecular flexibility index (Phi) is 18.7. The maximum atomic E-state index is 5.10. The molecule has 2 saturated carbocycles. The van der Waals surface area contributed by atoms with Crippen molar-refractivity contribution in [3.05, 3.63) is 411 Å². The normalized spacial score (nSPS) is 13.9. The van der Waals surface area contributed by atoms with Gasteiger partial charge >= 0.3 is 0 Å². The van der Waals surface area contributed by atoms with Crippen molar-refractivity contribution < 1.29 is 0 Å². The van der Waals surface area contributed by atoms with Gasteiger partial charge in [0.05, 0.1) is 0 Å². The minimum absolute atomic E-state index is 0.130. The Morgan fingerprint density at radius 1 is 0.153 bits per heavy atom. The molecule has 0 atom stereocenters. The first-order valence-corrected chi connectivity index (χ1v) is 41.8. The zero-order valence-electron chi connectivity index (χ0n) is 65.7. The molecule has 0 N–H and O–H groups in total. The van der Waals surface area contributed by atoms with Crippen LogP contribution in [-0.2, 0) is 10.8 Å². The molecule has 4 aliphatic rings. The van der Waals surface area contributed by atoms with E-state index >= 15 is 0 Å². The van der Waals surface area contributed by atoms with Gasteiger partial charge in [-0.25, -0.2) is 29.9 Å². The van der Waals surface area contributed by atoms with Gasteiger partial charge in [0.15, 0.2) is 34.9 Å². The van der Waals surface area contributed by atoms with Crippen LogP contribution in [0.1, 0.15) is 86.5 Å². The third-order valence-electron chi connectivity index (χ3n) is 25.3. The maximum absolute atomic E-state index is 5.10. The summed E-state index contributed by atoms with van der Waals surface area (Å²) < 4.78 is 0. The summed E-state index contributed by atoms with van der Waals surface area (Å²) in [5.74, 6) is 3.88. The number of fused-ring (bicyclic) bond motifs is 11. The van der Waals surface area contributed by atoms with Crippen molar-refractivity contribution in [2.45, 2.75) is 75.0 Å². The highest BCUT2D eigenvalue weighted by Gasteiger charge is 2.46. The molecule has 22 rings (SSSR count). The maximum Gasteiger partial charge on any atom is 0.164 e. The first-order chi connectivity index (χ1) is 58.4. The number of hydrogen-bond donors (Lipinski definition) is 0. The van der Waals surface area contributed by atoms with E-state index in [1.807, 2.05) is 48.5 Å². The number of aromatic nitrogens is 6. The predicted octanol–water partition coefficient (Wildman–Crippen LogP) is 29.0. The van der Waals surface area contributed by atoms with Crippen molar-refractivity contribution in [3.63, 3.8) is 0 Å². The Hall–Kier alpha value is -14.2. The lowest BCUT2D eigenvalue weighted by molar-refractivity contribution is 0.353. The van der Waals surface area contributed by atoms with Crippen molar-refractivity contribution in [1.29, 1.82) is 0 Å². The fraction of sp³-hybridized carbons (Fsp3) is 0.107. The van der Waals surface area contributed by atoms with Gasteiger partial charge in [-0.05, 0) is 183 Å². The molecule has 16 aromatic carbocycles. The molecule has 118 heavy (non-hydrogen) atoms. The molecule has 0 amide bonds. The fourth-order valence-corrected chi connectivity index (χ4v) is 19.6. The number of rotatable bonds is 13. The van der Waals surface area contributed by atoms with Crippen molar-refractivity contribution in [1.82, 2.24) is 29.9 Å². The quantitative estimate of drug-likeness (QED) is 0.114. The summed E-state index contributed by atoms with van der Waals surface area (Å²) in [6, 6.07) is 139. The smallest absolute Gasteiger partial charge is 0.164 e. The molecule has 2 spiro atoms. The van der Waals surface area contributed by atoms with Crippen molar-refractivity contribution >= 4 is 10.8 Å². The van der Waals surface area contributed by atoms with Crippen LogP contribution in [0.25, 0.3) is 179 Å². The van der Waals surface area contributed by atoms with Crippen LogP contribution in [0.5, 0.6) is 0 Å².